The Hall–Kier alpha value is -1.06. The van der Waals surface area contributed by atoms with Crippen LogP contribution in [0.25, 0.3) is 0 Å². The van der Waals surface area contributed by atoms with Crippen LogP contribution in [0.4, 0.5) is 0 Å². The molecule has 1 aliphatic rings. The van der Waals surface area contributed by atoms with Crippen LogP contribution in [-0.2, 0) is 14.9 Å². The van der Waals surface area contributed by atoms with E-state index in [1.807, 2.05) is 30.3 Å². The van der Waals surface area contributed by atoms with Gasteiger partial charge in [0.1, 0.15) is 0 Å². The average Bonchev–Trinajstić information content (AvgIpc) is 3.22. The van der Waals surface area contributed by atoms with Crippen molar-refractivity contribution in [3.8, 4) is 0 Å². The molecule has 0 heterocycles. The predicted molar refractivity (Wildman–Crippen MR) is 76.5 cm³/mol. The van der Waals surface area contributed by atoms with Crippen molar-refractivity contribution in [1.29, 1.82) is 0 Å². The van der Waals surface area contributed by atoms with Crippen LogP contribution in [-0.4, -0.2) is 31.5 Å². The Morgan fingerprint density at radius 1 is 1.42 bits per heavy atom. The van der Waals surface area contributed by atoms with Gasteiger partial charge >= 0.3 is 0 Å². The maximum atomic E-state index is 12.5. The normalized spacial score (nSPS) is 17.8. The number of alkyl halides is 1. The van der Waals surface area contributed by atoms with Crippen LogP contribution in [0.15, 0.2) is 30.3 Å². The van der Waals surface area contributed by atoms with Crippen molar-refractivity contribution < 1.29 is 9.53 Å². The van der Waals surface area contributed by atoms with Gasteiger partial charge in [-0.15, -0.1) is 11.6 Å². The molecule has 1 amide bonds. The second kappa shape index (κ2) is 6.40. The highest BCUT2D eigenvalue weighted by molar-refractivity contribution is 6.17. The smallest absolute Gasteiger partial charge is 0.230 e. The molecule has 0 bridgehead atoms. The van der Waals surface area contributed by atoms with E-state index in [1.165, 1.54) is 0 Å². The number of carbonyl (C=O) groups is 1. The number of rotatable bonds is 7. The Balaban J connectivity index is 2.03. The van der Waals surface area contributed by atoms with Gasteiger partial charge in [0.25, 0.3) is 0 Å². The summed E-state index contributed by atoms with van der Waals surface area (Å²) in [6.45, 7) is 0.503. The first-order valence-corrected chi connectivity index (χ1v) is 7.18. The Morgan fingerprint density at radius 3 is 2.63 bits per heavy atom. The van der Waals surface area contributed by atoms with E-state index in [4.69, 9.17) is 16.3 Å². The van der Waals surface area contributed by atoms with E-state index >= 15 is 0 Å². The number of nitrogens with one attached hydrogen (secondary N) is 1. The molecule has 1 aromatic rings. The summed E-state index contributed by atoms with van der Waals surface area (Å²) in [7, 11) is 1.64. The predicted octanol–water partition coefficient (Wildman–Crippen LogP) is 2.48. The fourth-order valence-corrected chi connectivity index (χ4v) is 2.65. The summed E-state index contributed by atoms with van der Waals surface area (Å²) in [5.41, 5.74) is 0.786. The molecule has 3 nitrogen and oxygen atoms in total. The van der Waals surface area contributed by atoms with E-state index in [-0.39, 0.29) is 17.4 Å². The molecule has 1 unspecified atom stereocenters. The molecule has 0 aliphatic heterocycles. The molecule has 0 spiro atoms. The summed E-state index contributed by atoms with van der Waals surface area (Å²) >= 11 is 5.76. The highest BCUT2D eigenvalue weighted by Crippen LogP contribution is 2.48. The maximum absolute atomic E-state index is 12.5. The first-order valence-electron chi connectivity index (χ1n) is 6.64. The first kappa shape index (κ1) is 14.4. The molecule has 1 atom stereocenters. The Bertz CT molecular complexity index is 411. The van der Waals surface area contributed by atoms with Gasteiger partial charge < -0.3 is 10.1 Å². The topological polar surface area (TPSA) is 38.3 Å². The summed E-state index contributed by atoms with van der Waals surface area (Å²) in [4.78, 5) is 12.5. The summed E-state index contributed by atoms with van der Waals surface area (Å²) < 4.78 is 5.12. The number of methoxy groups -OCH3 is 1. The van der Waals surface area contributed by atoms with E-state index in [0.717, 1.165) is 24.8 Å². The number of hydrogen-bond donors (Lipinski definition) is 1. The van der Waals surface area contributed by atoms with Crippen LogP contribution in [0, 0.1) is 0 Å². The zero-order valence-electron chi connectivity index (χ0n) is 11.2. The Kier molecular flexibility index (Phi) is 4.83. The lowest BCUT2D eigenvalue weighted by molar-refractivity contribution is -0.124. The largest absolute Gasteiger partial charge is 0.383 e. The van der Waals surface area contributed by atoms with Gasteiger partial charge in [0.15, 0.2) is 0 Å². The molecular weight excluding hydrogens is 262 g/mol. The highest BCUT2D eigenvalue weighted by atomic mass is 35.5. The molecule has 1 saturated carbocycles. The van der Waals surface area contributed by atoms with Gasteiger partial charge in [0, 0.05) is 13.0 Å². The van der Waals surface area contributed by atoms with Crippen molar-refractivity contribution in [2.24, 2.45) is 0 Å². The summed E-state index contributed by atoms with van der Waals surface area (Å²) in [6, 6.07) is 9.98. The lowest BCUT2D eigenvalue weighted by Gasteiger charge is -2.21. The monoisotopic (exact) mass is 281 g/mol. The maximum Gasteiger partial charge on any atom is 0.230 e. The van der Waals surface area contributed by atoms with Crippen molar-refractivity contribution in [2.75, 3.05) is 19.6 Å². The minimum Gasteiger partial charge on any atom is -0.383 e. The molecule has 2 rings (SSSR count). The van der Waals surface area contributed by atoms with E-state index in [9.17, 15) is 4.79 Å². The fourth-order valence-electron chi connectivity index (χ4n) is 2.38. The van der Waals surface area contributed by atoms with Crippen LogP contribution in [0.2, 0.25) is 0 Å². The molecule has 0 aromatic heterocycles. The van der Waals surface area contributed by atoms with Crippen molar-refractivity contribution >= 4 is 17.5 Å². The second-order valence-corrected chi connectivity index (χ2v) is 5.43. The number of carbonyl (C=O) groups excluding carboxylic acids is 1. The fraction of sp³-hybridized carbons (Fsp3) is 0.533. The molecule has 0 saturated heterocycles. The SMILES string of the molecule is COCC(CCCl)NC(=O)C1(c2ccccc2)CC1. The Labute approximate surface area is 119 Å². The van der Waals surface area contributed by atoms with E-state index in [0.29, 0.717) is 12.5 Å². The van der Waals surface area contributed by atoms with Gasteiger partial charge in [-0.1, -0.05) is 30.3 Å². The molecule has 1 fully saturated rings. The van der Waals surface area contributed by atoms with Gasteiger partial charge in [-0.05, 0) is 24.8 Å². The minimum absolute atomic E-state index is 0.00353. The minimum atomic E-state index is -0.320. The molecule has 1 N–H and O–H groups in total. The second-order valence-electron chi connectivity index (χ2n) is 5.05. The molecule has 1 aromatic carbocycles. The van der Waals surface area contributed by atoms with Crippen LogP contribution in [0.3, 0.4) is 0 Å². The van der Waals surface area contributed by atoms with Crippen LogP contribution in [0.5, 0.6) is 0 Å². The van der Waals surface area contributed by atoms with Gasteiger partial charge in [-0.25, -0.2) is 0 Å². The number of hydrogen-bond acceptors (Lipinski definition) is 2. The van der Waals surface area contributed by atoms with Crippen molar-refractivity contribution in [3.63, 3.8) is 0 Å². The average molecular weight is 282 g/mol. The number of ether oxygens (including phenoxy) is 1. The van der Waals surface area contributed by atoms with E-state index in [2.05, 4.69) is 5.32 Å². The molecule has 4 heteroatoms. The summed E-state index contributed by atoms with van der Waals surface area (Å²) in [5, 5.41) is 3.07. The van der Waals surface area contributed by atoms with Gasteiger partial charge in [-0.2, -0.15) is 0 Å². The van der Waals surface area contributed by atoms with Crippen LogP contribution < -0.4 is 5.32 Å². The molecule has 0 radical (unpaired) electrons. The summed E-state index contributed by atoms with van der Waals surface area (Å²) in [6.07, 6.45) is 2.57. The number of halogens is 1. The zero-order valence-corrected chi connectivity index (χ0v) is 12.0. The molecule has 19 heavy (non-hydrogen) atoms. The van der Waals surface area contributed by atoms with Crippen molar-refractivity contribution in [2.45, 2.75) is 30.7 Å². The quantitative estimate of drug-likeness (QED) is 0.780. The van der Waals surface area contributed by atoms with Gasteiger partial charge in [-0.3, -0.25) is 4.79 Å². The third-order valence-electron chi connectivity index (χ3n) is 3.67. The third kappa shape index (κ3) is 3.28. The van der Waals surface area contributed by atoms with E-state index in [1.54, 1.807) is 7.11 Å². The summed E-state index contributed by atoms with van der Waals surface area (Å²) in [5.74, 6) is 0.623. The van der Waals surface area contributed by atoms with E-state index < -0.39 is 0 Å². The highest BCUT2D eigenvalue weighted by Gasteiger charge is 2.51. The van der Waals surface area contributed by atoms with Crippen LogP contribution >= 0.6 is 11.6 Å². The first-order chi connectivity index (χ1) is 9.23. The number of amides is 1. The lowest BCUT2D eigenvalue weighted by Crippen LogP contribution is -2.43. The van der Waals surface area contributed by atoms with Gasteiger partial charge in [0.2, 0.25) is 5.91 Å². The standard InChI is InChI=1S/C15H20ClNO2/c1-19-11-13(7-10-16)17-14(18)15(8-9-15)12-5-3-2-4-6-12/h2-6,13H,7-11H2,1H3,(H,17,18). The molecular formula is C15H20ClNO2. The molecule has 1 aliphatic carbocycles. The Morgan fingerprint density at radius 2 is 2.11 bits per heavy atom. The lowest BCUT2D eigenvalue weighted by atomic mass is 9.94. The van der Waals surface area contributed by atoms with Crippen LogP contribution in [0.1, 0.15) is 24.8 Å². The molecule has 104 valence electrons. The number of benzene rings is 1. The van der Waals surface area contributed by atoms with Crippen molar-refractivity contribution in [1.82, 2.24) is 5.32 Å². The van der Waals surface area contributed by atoms with Crippen molar-refractivity contribution in [3.05, 3.63) is 35.9 Å². The van der Waals surface area contributed by atoms with Gasteiger partial charge in [0.05, 0.1) is 18.1 Å². The third-order valence-corrected chi connectivity index (χ3v) is 3.89. The zero-order chi connectivity index (χ0) is 13.7.